The van der Waals surface area contributed by atoms with E-state index >= 15 is 0 Å². The average Bonchev–Trinajstić information content (AvgIpc) is 2.29. The van der Waals surface area contributed by atoms with E-state index in [0.29, 0.717) is 24.5 Å². The Bertz CT molecular complexity index is 338. The number of aliphatic hydroxyl groups is 1. The van der Waals surface area contributed by atoms with Crippen molar-refractivity contribution in [1.29, 1.82) is 0 Å². The quantitative estimate of drug-likeness (QED) is 0.731. The minimum absolute atomic E-state index is 0.114. The summed E-state index contributed by atoms with van der Waals surface area (Å²) in [5, 5.41) is 8.58. The fourth-order valence-electron chi connectivity index (χ4n) is 1.15. The molecule has 0 heterocycles. The molecule has 5 nitrogen and oxygen atoms in total. The lowest BCUT2D eigenvalue weighted by atomic mass is 10.3. The van der Waals surface area contributed by atoms with Crippen LogP contribution in [0.3, 0.4) is 0 Å². The normalized spacial score (nSPS) is 9.88. The summed E-state index contributed by atoms with van der Waals surface area (Å²) in [7, 11) is 1.60. The van der Waals surface area contributed by atoms with Gasteiger partial charge in [0.15, 0.2) is 0 Å². The van der Waals surface area contributed by atoms with Gasteiger partial charge < -0.3 is 15.6 Å². The highest BCUT2D eigenvalue weighted by atomic mass is 16.5. The molecule has 0 aliphatic heterocycles. The molecule has 16 heavy (non-hydrogen) atoms. The Labute approximate surface area is 94.4 Å². The predicted molar refractivity (Wildman–Crippen MR) is 61.6 cm³/mol. The van der Waals surface area contributed by atoms with Gasteiger partial charge in [-0.2, -0.15) is 0 Å². The Balaban J connectivity index is 2.57. The summed E-state index contributed by atoms with van der Waals surface area (Å²) < 4.78 is 5.35. The number of rotatable bonds is 5. The standard InChI is InChI=1S/C11H16N2O3/c1-13(11(12)15)9-3-5-10(6-4-9)16-8-2-7-14/h3-6,14H,2,7-8H2,1H3,(H2,12,15). The molecular formula is C11H16N2O3. The van der Waals surface area contributed by atoms with E-state index in [1.807, 2.05) is 0 Å². The molecule has 5 heteroatoms. The predicted octanol–water partition coefficient (Wildman–Crippen LogP) is 0.963. The van der Waals surface area contributed by atoms with Gasteiger partial charge in [-0.25, -0.2) is 4.79 Å². The molecule has 0 radical (unpaired) electrons. The molecule has 0 aliphatic rings. The second-order valence-electron chi connectivity index (χ2n) is 3.32. The monoisotopic (exact) mass is 224 g/mol. The number of carbonyl (C=O) groups is 1. The number of benzene rings is 1. The summed E-state index contributed by atoms with van der Waals surface area (Å²) >= 11 is 0. The van der Waals surface area contributed by atoms with Gasteiger partial charge in [0.1, 0.15) is 5.75 Å². The minimum Gasteiger partial charge on any atom is -0.494 e. The van der Waals surface area contributed by atoms with E-state index in [0.717, 1.165) is 0 Å². The molecule has 0 atom stereocenters. The van der Waals surface area contributed by atoms with Gasteiger partial charge in [-0.1, -0.05) is 0 Å². The van der Waals surface area contributed by atoms with Crippen molar-refractivity contribution in [2.75, 3.05) is 25.2 Å². The van der Waals surface area contributed by atoms with Crippen LogP contribution >= 0.6 is 0 Å². The molecule has 0 fully saturated rings. The highest BCUT2D eigenvalue weighted by Gasteiger charge is 2.05. The van der Waals surface area contributed by atoms with E-state index in [9.17, 15) is 4.79 Å². The van der Waals surface area contributed by atoms with Gasteiger partial charge in [0.25, 0.3) is 0 Å². The van der Waals surface area contributed by atoms with Crippen LogP contribution in [0.1, 0.15) is 6.42 Å². The van der Waals surface area contributed by atoms with Crippen molar-refractivity contribution in [3.8, 4) is 5.75 Å². The molecule has 0 saturated heterocycles. The Morgan fingerprint density at radius 3 is 2.56 bits per heavy atom. The number of hydrogen-bond donors (Lipinski definition) is 2. The van der Waals surface area contributed by atoms with Crippen molar-refractivity contribution >= 4 is 11.7 Å². The number of amides is 2. The molecule has 0 saturated carbocycles. The summed E-state index contributed by atoms with van der Waals surface area (Å²) in [6.45, 7) is 0.587. The molecule has 2 amide bonds. The van der Waals surface area contributed by atoms with Crippen LogP contribution in [0.25, 0.3) is 0 Å². The van der Waals surface area contributed by atoms with Crippen molar-refractivity contribution in [3.63, 3.8) is 0 Å². The first-order chi connectivity index (χ1) is 7.65. The van der Waals surface area contributed by atoms with Gasteiger partial charge in [0.2, 0.25) is 0 Å². The lowest BCUT2D eigenvalue weighted by Crippen LogP contribution is -2.31. The first kappa shape index (κ1) is 12.3. The van der Waals surface area contributed by atoms with E-state index in [1.165, 1.54) is 4.90 Å². The van der Waals surface area contributed by atoms with Gasteiger partial charge in [-0.3, -0.25) is 4.90 Å². The summed E-state index contributed by atoms with van der Waals surface area (Å²) in [5.74, 6) is 0.704. The van der Waals surface area contributed by atoms with Gasteiger partial charge in [0, 0.05) is 25.8 Å². The fourth-order valence-corrected chi connectivity index (χ4v) is 1.15. The number of hydrogen-bond acceptors (Lipinski definition) is 3. The summed E-state index contributed by atoms with van der Waals surface area (Å²) in [6.07, 6.45) is 0.600. The third kappa shape index (κ3) is 3.43. The van der Waals surface area contributed by atoms with Crippen LogP contribution in [0.15, 0.2) is 24.3 Å². The van der Waals surface area contributed by atoms with Crippen molar-refractivity contribution < 1.29 is 14.6 Å². The molecule has 0 unspecified atom stereocenters. The number of aliphatic hydroxyl groups excluding tert-OH is 1. The lowest BCUT2D eigenvalue weighted by molar-refractivity contribution is 0.233. The molecule has 0 aliphatic carbocycles. The SMILES string of the molecule is CN(C(N)=O)c1ccc(OCCCO)cc1. The van der Waals surface area contributed by atoms with Crippen LogP contribution in [0.4, 0.5) is 10.5 Å². The molecular weight excluding hydrogens is 208 g/mol. The third-order valence-corrected chi connectivity index (χ3v) is 2.13. The number of anilines is 1. The fraction of sp³-hybridized carbons (Fsp3) is 0.364. The van der Waals surface area contributed by atoms with E-state index in [-0.39, 0.29) is 6.61 Å². The van der Waals surface area contributed by atoms with Gasteiger partial charge in [0.05, 0.1) is 6.61 Å². The van der Waals surface area contributed by atoms with E-state index < -0.39 is 6.03 Å². The number of nitrogens with two attached hydrogens (primary N) is 1. The molecule has 1 aromatic rings. The smallest absolute Gasteiger partial charge is 0.318 e. The number of urea groups is 1. The zero-order valence-electron chi connectivity index (χ0n) is 9.22. The Hall–Kier alpha value is -1.75. The molecule has 0 bridgehead atoms. The van der Waals surface area contributed by atoms with Crippen LogP contribution in [0, 0.1) is 0 Å². The van der Waals surface area contributed by atoms with Crippen LogP contribution < -0.4 is 15.4 Å². The molecule has 3 N–H and O–H groups in total. The first-order valence-electron chi connectivity index (χ1n) is 5.02. The second-order valence-corrected chi connectivity index (χ2v) is 3.32. The molecule has 0 aromatic heterocycles. The summed E-state index contributed by atoms with van der Waals surface area (Å²) in [4.78, 5) is 12.2. The number of primary amides is 1. The van der Waals surface area contributed by atoms with E-state index in [2.05, 4.69) is 0 Å². The Kier molecular flexibility index (Phi) is 4.60. The highest BCUT2D eigenvalue weighted by molar-refractivity contribution is 5.89. The number of ether oxygens (including phenoxy) is 1. The van der Waals surface area contributed by atoms with E-state index in [1.54, 1.807) is 31.3 Å². The van der Waals surface area contributed by atoms with Crippen molar-refractivity contribution in [2.24, 2.45) is 5.73 Å². The first-order valence-corrected chi connectivity index (χ1v) is 5.02. The maximum Gasteiger partial charge on any atom is 0.318 e. The molecule has 1 rings (SSSR count). The van der Waals surface area contributed by atoms with Crippen molar-refractivity contribution in [1.82, 2.24) is 0 Å². The van der Waals surface area contributed by atoms with Crippen LogP contribution in [-0.2, 0) is 0 Å². The highest BCUT2D eigenvalue weighted by Crippen LogP contribution is 2.18. The topological polar surface area (TPSA) is 75.8 Å². The Morgan fingerprint density at radius 1 is 1.44 bits per heavy atom. The minimum atomic E-state index is -0.506. The van der Waals surface area contributed by atoms with Crippen LogP contribution in [-0.4, -0.2) is 31.4 Å². The zero-order valence-corrected chi connectivity index (χ0v) is 9.22. The van der Waals surface area contributed by atoms with Crippen LogP contribution in [0.2, 0.25) is 0 Å². The van der Waals surface area contributed by atoms with Gasteiger partial charge in [-0.05, 0) is 24.3 Å². The zero-order chi connectivity index (χ0) is 12.0. The van der Waals surface area contributed by atoms with Crippen molar-refractivity contribution in [3.05, 3.63) is 24.3 Å². The largest absolute Gasteiger partial charge is 0.494 e. The number of carbonyl (C=O) groups excluding carboxylic acids is 1. The molecule has 1 aromatic carbocycles. The van der Waals surface area contributed by atoms with Gasteiger partial charge in [-0.15, -0.1) is 0 Å². The number of nitrogens with zero attached hydrogens (tertiary/aromatic N) is 1. The average molecular weight is 224 g/mol. The lowest BCUT2D eigenvalue weighted by Gasteiger charge is -2.14. The van der Waals surface area contributed by atoms with E-state index in [4.69, 9.17) is 15.6 Å². The summed E-state index contributed by atoms with van der Waals surface area (Å²) in [5.41, 5.74) is 5.84. The Morgan fingerprint density at radius 2 is 2.06 bits per heavy atom. The second kappa shape index (κ2) is 5.97. The maximum atomic E-state index is 10.9. The van der Waals surface area contributed by atoms with Gasteiger partial charge >= 0.3 is 6.03 Å². The third-order valence-electron chi connectivity index (χ3n) is 2.13. The maximum absolute atomic E-state index is 10.9. The summed E-state index contributed by atoms with van der Waals surface area (Å²) in [6, 6.07) is 6.50. The van der Waals surface area contributed by atoms with Crippen molar-refractivity contribution in [2.45, 2.75) is 6.42 Å². The van der Waals surface area contributed by atoms with Crippen LogP contribution in [0.5, 0.6) is 5.75 Å². The molecule has 0 spiro atoms. The molecule has 88 valence electrons.